The fourth-order valence-corrected chi connectivity index (χ4v) is 5.11. The minimum Gasteiger partial charge on any atom is -0.457 e. The highest BCUT2D eigenvalue weighted by Gasteiger charge is 2.25. The van der Waals surface area contributed by atoms with Crippen molar-refractivity contribution in [3.05, 3.63) is 83.9 Å². The Hall–Kier alpha value is -3.54. The number of piperidine rings is 1. The van der Waals surface area contributed by atoms with E-state index >= 15 is 0 Å². The maximum Gasteiger partial charge on any atom is 0.322 e. The summed E-state index contributed by atoms with van der Waals surface area (Å²) in [5.41, 5.74) is 1.19. The van der Waals surface area contributed by atoms with Crippen molar-refractivity contribution in [2.24, 2.45) is 5.14 Å². The number of carbonyl (C=O) groups is 1. The fourth-order valence-electron chi connectivity index (χ4n) is 4.59. The molecule has 1 fully saturated rings. The van der Waals surface area contributed by atoms with Crippen molar-refractivity contribution in [2.75, 3.05) is 24.5 Å². The Morgan fingerprint density at radius 2 is 1.65 bits per heavy atom. The number of nitrogens with one attached hydrogen (secondary N) is 1. The van der Waals surface area contributed by atoms with Crippen LogP contribution in [-0.2, 0) is 16.6 Å². The van der Waals surface area contributed by atoms with E-state index in [1.165, 1.54) is 23.1 Å². The van der Waals surface area contributed by atoms with Gasteiger partial charge < -0.3 is 10.1 Å². The number of ether oxygens (including phenoxy) is 1. The standard InChI is InChI=1S/C29H34F2N4O4S/c1-2-3-16-35(28-13-6-22(30)19-27(28)31)29(36)33-23-14-17-34(18-15-23)20-21-4-7-24(8-5-21)39-25-9-11-26(12-10-25)40(32,37)38/h4-13,19,23H,2-3,14-18,20H2,1H3,(H,33,36)(H2,32,37,38). The summed E-state index contributed by atoms with van der Waals surface area (Å²) in [6.07, 6.45) is 3.06. The van der Waals surface area contributed by atoms with Crippen molar-refractivity contribution in [1.82, 2.24) is 10.2 Å². The summed E-state index contributed by atoms with van der Waals surface area (Å²) >= 11 is 0. The summed E-state index contributed by atoms with van der Waals surface area (Å²) in [4.78, 5) is 16.7. The summed E-state index contributed by atoms with van der Waals surface area (Å²) < 4.78 is 56.4. The van der Waals surface area contributed by atoms with Gasteiger partial charge in [-0.3, -0.25) is 9.80 Å². The average Bonchev–Trinajstić information content (AvgIpc) is 2.92. The first-order valence-electron chi connectivity index (χ1n) is 13.3. The van der Waals surface area contributed by atoms with Gasteiger partial charge in [-0.15, -0.1) is 0 Å². The molecule has 3 aromatic carbocycles. The number of carbonyl (C=O) groups excluding carboxylic acids is 1. The number of unbranched alkanes of at least 4 members (excludes halogenated alkanes) is 1. The van der Waals surface area contributed by atoms with E-state index in [4.69, 9.17) is 9.88 Å². The van der Waals surface area contributed by atoms with Crippen LogP contribution in [0.1, 0.15) is 38.2 Å². The molecule has 0 atom stereocenters. The van der Waals surface area contributed by atoms with E-state index in [0.29, 0.717) is 24.5 Å². The van der Waals surface area contributed by atoms with Gasteiger partial charge in [0.15, 0.2) is 0 Å². The van der Waals surface area contributed by atoms with Gasteiger partial charge >= 0.3 is 6.03 Å². The van der Waals surface area contributed by atoms with Gasteiger partial charge in [-0.25, -0.2) is 27.1 Å². The fraction of sp³-hybridized carbons (Fsp3) is 0.345. The molecule has 11 heteroatoms. The molecule has 2 amide bonds. The van der Waals surface area contributed by atoms with Crippen molar-refractivity contribution in [3.63, 3.8) is 0 Å². The molecule has 1 saturated heterocycles. The van der Waals surface area contributed by atoms with E-state index in [9.17, 15) is 22.0 Å². The van der Waals surface area contributed by atoms with E-state index in [2.05, 4.69) is 10.2 Å². The number of urea groups is 1. The Labute approximate surface area is 233 Å². The van der Waals surface area contributed by atoms with E-state index in [1.807, 2.05) is 31.2 Å². The topological polar surface area (TPSA) is 105 Å². The number of nitrogens with zero attached hydrogens (tertiary/aromatic N) is 2. The largest absolute Gasteiger partial charge is 0.457 e. The Balaban J connectivity index is 1.27. The average molecular weight is 573 g/mol. The number of benzene rings is 3. The van der Waals surface area contributed by atoms with Crippen molar-refractivity contribution in [3.8, 4) is 11.5 Å². The third kappa shape index (κ3) is 8.00. The third-order valence-corrected chi connectivity index (χ3v) is 7.74. The van der Waals surface area contributed by atoms with Crippen LogP contribution < -0.4 is 20.1 Å². The molecule has 4 rings (SSSR count). The number of likely N-dealkylation sites (tertiary alicyclic amines) is 1. The quantitative estimate of drug-likeness (QED) is 0.339. The van der Waals surface area contributed by atoms with Crippen molar-refractivity contribution >= 4 is 21.7 Å². The summed E-state index contributed by atoms with van der Waals surface area (Å²) in [5, 5.41) is 8.16. The molecule has 3 aromatic rings. The number of hydrogen-bond donors (Lipinski definition) is 2. The van der Waals surface area contributed by atoms with Crippen LogP contribution in [-0.4, -0.2) is 45.0 Å². The van der Waals surface area contributed by atoms with Gasteiger partial charge in [0.25, 0.3) is 0 Å². The highest BCUT2D eigenvalue weighted by Crippen LogP contribution is 2.25. The molecule has 0 bridgehead atoms. The van der Waals surface area contributed by atoms with Gasteiger partial charge in [0.2, 0.25) is 10.0 Å². The molecule has 0 aromatic heterocycles. The highest BCUT2D eigenvalue weighted by atomic mass is 32.2. The lowest BCUT2D eigenvalue weighted by Crippen LogP contribution is -2.49. The summed E-state index contributed by atoms with van der Waals surface area (Å²) in [7, 11) is -3.75. The van der Waals surface area contributed by atoms with Crippen LogP contribution in [0.3, 0.4) is 0 Å². The molecular weight excluding hydrogens is 538 g/mol. The van der Waals surface area contributed by atoms with Gasteiger partial charge in [0.05, 0.1) is 10.6 Å². The van der Waals surface area contributed by atoms with Crippen LogP contribution in [0.2, 0.25) is 0 Å². The normalized spacial score (nSPS) is 14.6. The predicted octanol–water partition coefficient (Wildman–Crippen LogP) is 5.39. The molecule has 1 heterocycles. The van der Waals surface area contributed by atoms with Crippen LogP contribution >= 0.6 is 0 Å². The van der Waals surface area contributed by atoms with E-state index in [-0.39, 0.29) is 22.7 Å². The summed E-state index contributed by atoms with van der Waals surface area (Å²) in [6.45, 7) is 4.67. The van der Waals surface area contributed by atoms with Crippen molar-refractivity contribution < 1.29 is 26.7 Å². The Kier molecular flexibility index (Phi) is 9.72. The van der Waals surface area contributed by atoms with Crippen LogP contribution in [0.5, 0.6) is 11.5 Å². The van der Waals surface area contributed by atoms with E-state index in [0.717, 1.165) is 56.6 Å². The van der Waals surface area contributed by atoms with Gasteiger partial charge in [-0.05, 0) is 73.4 Å². The van der Waals surface area contributed by atoms with Crippen molar-refractivity contribution in [2.45, 2.75) is 50.1 Å². The smallest absolute Gasteiger partial charge is 0.322 e. The first kappa shape index (κ1) is 29.4. The zero-order valence-electron chi connectivity index (χ0n) is 22.4. The molecule has 40 heavy (non-hydrogen) atoms. The van der Waals surface area contributed by atoms with Crippen LogP contribution in [0.15, 0.2) is 71.6 Å². The van der Waals surface area contributed by atoms with Crippen LogP contribution in [0.25, 0.3) is 0 Å². The van der Waals surface area contributed by atoms with Crippen LogP contribution in [0.4, 0.5) is 19.3 Å². The number of rotatable bonds is 10. The van der Waals surface area contributed by atoms with Gasteiger partial charge in [-0.1, -0.05) is 25.5 Å². The molecule has 3 N–H and O–H groups in total. The zero-order chi connectivity index (χ0) is 28.7. The molecule has 1 aliphatic heterocycles. The van der Waals surface area contributed by atoms with Gasteiger partial charge in [-0.2, -0.15) is 0 Å². The molecule has 0 saturated carbocycles. The second-order valence-corrected chi connectivity index (χ2v) is 11.4. The Morgan fingerprint density at radius 1 is 1.02 bits per heavy atom. The summed E-state index contributed by atoms with van der Waals surface area (Å²) in [6, 6.07) is 16.4. The third-order valence-electron chi connectivity index (χ3n) is 6.81. The Morgan fingerprint density at radius 3 is 2.23 bits per heavy atom. The van der Waals surface area contributed by atoms with Gasteiger partial charge in [0, 0.05) is 38.3 Å². The number of sulfonamides is 1. The van der Waals surface area contributed by atoms with E-state index < -0.39 is 21.7 Å². The number of amides is 2. The molecule has 0 spiro atoms. The lowest BCUT2D eigenvalue weighted by molar-refractivity contribution is 0.188. The maximum atomic E-state index is 14.4. The molecule has 0 unspecified atom stereocenters. The number of primary sulfonamides is 1. The monoisotopic (exact) mass is 572 g/mol. The minimum absolute atomic E-state index is 0.0223. The highest BCUT2D eigenvalue weighted by molar-refractivity contribution is 7.89. The molecule has 214 valence electrons. The van der Waals surface area contributed by atoms with Gasteiger partial charge in [0.1, 0.15) is 23.1 Å². The number of anilines is 1. The molecule has 8 nitrogen and oxygen atoms in total. The van der Waals surface area contributed by atoms with E-state index in [1.54, 1.807) is 12.1 Å². The lowest BCUT2D eigenvalue weighted by Gasteiger charge is -2.34. The Bertz CT molecular complexity index is 1390. The first-order chi connectivity index (χ1) is 19.1. The second kappa shape index (κ2) is 13.2. The lowest BCUT2D eigenvalue weighted by atomic mass is 10.0. The predicted molar refractivity (Wildman–Crippen MR) is 150 cm³/mol. The molecule has 0 radical (unpaired) electrons. The zero-order valence-corrected chi connectivity index (χ0v) is 23.2. The molecular formula is C29H34F2N4O4S. The SMILES string of the molecule is CCCCN(C(=O)NC1CCN(Cc2ccc(Oc3ccc(S(N)(=O)=O)cc3)cc2)CC1)c1ccc(F)cc1F. The second-order valence-electron chi connectivity index (χ2n) is 9.86. The maximum absolute atomic E-state index is 14.4. The molecule has 1 aliphatic rings. The number of halogens is 2. The van der Waals surface area contributed by atoms with Crippen molar-refractivity contribution in [1.29, 1.82) is 0 Å². The van der Waals surface area contributed by atoms with Crippen LogP contribution in [0, 0.1) is 11.6 Å². The molecule has 0 aliphatic carbocycles. The summed E-state index contributed by atoms with van der Waals surface area (Å²) in [5.74, 6) is -0.306. The number of hydrogen-bond acceptors (Lipinski definition) is 5. The minimum atomic E-state index is -3.75. The first-order valence-corrected chi connectivity index (χ1v) is 14.8. The number of nitrogens with two attached hydrogens (primary N) is 1.